The SMILES string of the molecule is CCOc1ccc(OCc2ccc(C(=O)N/N=C(\C)C3CC3)cc2)cc1. The zero-order chi connectivity index (χ0) is 18.4. The lowest BCUT2D eigenvalue weighted by Crippen LogP contribution is -2.19. The lowest BCUT2D eigenvalue weighted by molar-refractivity contribution is 0.0954. The molecule has 0 unspecified atom stereocenters. The molecule has 136 valence electrons. The van der Waals surface area contributed by atoms with Crippen molar-refractivity contribution < 1.29 is 14.3 Å². The Bertz CT molecular complexity index is 763. The van der Waals surface area contributed by atoms with Crippen molar-refractivity contribution in [1.29, 1.82) is 0 Å². The standard InChI is InChI=1S/C21H24N2O3/c1-3-25-19-10-12-20(13-11-19)26-14-16-4-6-18(7-5-16)21(24)23-22-15(2)17-8-9-17/h4-7,10-13,17H,3,8-9,14H2,1-2H3,(H,23,24)/b22-15+. The molecule has 1 N–H and O–H groups in total. The summed E-state index contributed by atoms with van der Waals surface area (Å²) in [7, 11) is 0. The third kappa shape index (κ3) is 5.09. The van der Waals surface area contributed by atoms with Crippen LogP contribution in [0.25, 0.3) is 0 Å². The van der Waals surface area contributed by atoms with Gasteiger partial charge < -0.3 is 9.47 Å². The van der Waals surface area contributed by atoms with Crippen LogP contribution in [-0.2, 0) is 6.61 Å². The molecule has 3 rings (SSSR count). The molecule has 1 saturated carbocycles. The average molecular weight is 352 g/mol. The molecule has 0 aromatic heterocycles. The lowest BCUT2D eigenvalue weighted by Gasteiger charge is -2.08. The van der Waals surface area contributed by atoms with Crippen molar-refractivity contribution in [1.82, 2.24) is 5.43 Å². The minimum absolute atomic E-state index is 0.191. The molecule has 1 amide bonds. The van der Waals surface area contributed by atoms with E-state index in [1.807, 2.05) is 50.2 Å². The second-order valence-corrected chi connectivity index (χ2v) is 6.36. The molecule has 1 aliphatic rings. The smallest absolute Gasteiger partial charge is 0.271 e. The van der Waals surface area contributed by atoms with Crippen LogP contribution >= 0.6 is 0 Å². The molecule has 0 bridgehead atoms. The highest BCUT2D eigenvalue weighted by Crippen LogP contribution is 2.30. The van der Waals surface area contributed by atoms with Crippen LogP contribution in [0.1, 0.15) is 42.6 Å². The van der Waals surface area contributed by atoms with Crippen LogP contribution < -0.4 is 14.9 Å². The highest BCUT2D eigenvalue weighted by molar-refractivity contribution is 5.95. The number of benzene rings is 2. The van der Waals surface area contributed by atoms with E-state index in [0.717, 1.165) is 22.8 Å². The summed E-state index contributed by atoms with van der Waals surface area (Å²) in [6, 6.07) is 14.9. The Labute approximate surface area is 154 Å². The van der Waals surface area contributed by atoms with Gasteiger partial charge in [-0.3, -0.25) is 4.79 Å². The maximum absolute atomic E-state index is 12.1. The van der Waals surface area contributed by atoms with Gasteiger partial charge in [0.2, 0.25) is 0 Å². The fourth-order valence-corrected chi connectivity index (χ4v) is 2.51. The van der Waals surface area contributed by atoms with Crippen molar-refractivity contribution in [3.63, 3.8) is 0 Å². The molecule has 2 aromatic carbocycles. The van der Waals surface area contributed by atoms with Crippen LogP contribution in [-0.4, -0.2) is 18.2 Å². The Kier molecular flexibility index (Phi) is 5.89. The van der Waals surface area contributed by atoms with E-state index in [4.69, 9.17) is 9.47 Å². The lowest BCUT2D eigenvalue weighted by atomic mass is 10.1. The van der Waals surface area contributed by atoms with E-state index in [0.29, 0.717) is 24.7 Å². The molecule has 5 heteroatoms. The molecule has 1 aliphatic carbocycles. The van der Waals surface area contributed by atoms with Crippen LogP contribution in [0.5, 0.6) is 11.5 Å². The Morgan fingerprint density at radius 2 is 1.65 bits per heavy atom. The molecule has 0 radical (unpaired) electrons. The van der Waals surface area contributed by atoms with Gasteiger partial charge in [-0.2, -0.15) is 5.10 Å². The number of ether oxygens (including phenoxy) is 2. The number of rotatable bonds is 8. The Morgan fingerprint density at radius 1 is 1.04 bits per heavy atom. The van der Waals surface area contributed by atoms with Crippen molar-refractivity contribution in [2.24, 2.45) is 11.0 Å². The minimum atomic E-state index is -0.191. The summed E-state index contributed by atoms with van der Waals surface area (Å²) >= 11 is 0. The van der Waals surface area contributed by atoms with E-state index >= 15 is 0 Å². The van der Waals surface area contributed by atoms with Crippen molar-refractivity contribution in [2.45, 2.75) is 33.3 Å². The fourth-order valence-electron chi connectivity index (χ4n) is 2.51. The quantitative estimate of drug-likeness (QED) is 0.573. The Morgan fingerprint density at radius 3 is 2.23 bits per heavy atom. The average Bonchev–Trinajstić information content (AvgIpc) is 3.51. The van der Waals surface area contributed by atoms with Crippen LogP contribution in [0, 0.1) is 5.92 Å². The van der Waals surface area contributed by atoms with Gasteiger partial charge in [-0.15, -0.1) is 0 Å². The predicted molar refractivity (Wildman–Crippen MR) is 102 cm³/mol. The van der Waals surface area contributed by atoms with Gasteiger partial charge in [0, 0.05) is 11.3 Å². The summed E-state index contributed by atoms with van der Waals surface area (Å²) in [6.07, 6.45) is 2.35. The number of hydrogen-bond acceptors (Lipinski definition) is 4. The van der Waals surface area contributed by atoms with Crippen LogP contribution in [0.2, 0.25) is 0 Å². The second kappa shape index (κ2) is 8.52. The first-order valence-corrected chi connectivity index (χ1v) is 8.95. The van der Waals surface area contributed by atoms with E-state index in [-0.39, 0.29) is 5.91 Å². The molecular formula is C21H24N2O3. The van der Waals surface area contributed by atoms with Crippen molar-refractivity contribution in [3.05, 3.63) is 59.7 Å². The second-order valence-electron chi connectivity index (χ2n) is 6.36. The molecule has 1 fully saturated rings. The summed E-state index contributed by atoms with van der Waals surface area (Å²) in [6.45, 7) is 4.99. The zero-order valence-corrected chi connectivity index (χ0v) is 15.2. The van der Waals surface area contributed by atoms with E-state index in [9.17, 15) is 4.79 Å². The van der Waals surface area contributed by atoms with E-state index < -0.39 is 0 Å². The topological polar surface area (TPSA) is 59.9 Å². The molecule has 0 saturated heterocycles. The molecular weight excluding hydrogens is 328 g/mol. The summed E-state index contributed by atoms with van der Waals surface area (Å²) in [5.74, 6) is 1.97. The Hall–Kier alpha value is -2.82. The molecule has 0 aliphatic heterocycles. The number of hydrogen-bond donors (Lipinski definition) is 1. The van der Waals surface area contributed by atoms with Crippen LogP contribution in [0.4, 0.5) is 0 Å². The highest BCUT2D eigenvalue weighted by atomic mass is 16.5. The number of nitrogens with one attached hydrogen (secondary N) is 1. The number of amides is 1. The van der Waals surface area contributed by atoms with Gasteiger partial charge in [-0.05, 0) is 74.6 Å². The number of hydrazone groups is 1. The van der Waals surface area contributed by atoms with Crippen LogP contribution in [0.3, 0.4) is 0 Å². The van der Waals surface area contributed by atoms with E-state index in [2.05, 4.69) is 10.5 Å². The number of carbonyl (C=O) groups excluding carboxylic acids is 1. The molecule has 5 nitrogen and oxygen atoms in total. The Balaban J connectivity index is 1.50. The molecule has 0 spiro atoms. The molecule has 26 heavy (non-hydrogen) atoms. The predicted octanol–water partition coefficient (Wildman–Crippen LogP) is 4.18. The maximum Gasteiger partial charge on any atom is 0.271 e. The van der Waals surface area contributed by atoms with Gasteiger partial charge in [0.1, 0.15) is 18.1 Å². The van der Waals surface area contributed by atoms with Crippen molar-refractivity contribution in [3.8, 4) is 11.5 Å². The first-order valence-electron chi connectivity index (χ1n) is 8.95. The summed E-state index contributed by atoms with van der Waals surface area (Å²) < 4.78 is 11.2. The molecule has 2 aromatic rings. The van der Waals surface area contributed by atoms with E-state index in [1.54, 1.807) is 12.1 Å². The maximum atomic E-state index is 12.1. The highest BCUT2D eigenvalue weighted by Gasteiger charge is 2.24. The zero-order valence-electron chi connectivity index (χ0n) is 15.2. The molecule has 0 heterocycles. The van der Waals surface area contributed by atoms with E-state index in [1.165, 1.54) is 12.8 Å². The fraction of sp³-hybridized carbons (Fsp3) is 0.333. The monoisotopic (exact) mass is 352 g/mol. The first kappa shape index (κ1) is 18.0. The number of carbonyl (C=O) groups is 1. The van der Waals surface area contributed by atoms with Gasteiger partial charge in [0.15, 0.2) is 0 Å². The minimum Gasteiger partial charge on any atom is -0.494 e. The van der Waals surface area contributed by atoms with Crippen molar-refractivity contribution in [2.75, 3.05) is 6.61 Å². The van der Waals surface area contributed by atoms with Gasteiger partial charge in [-0.1, -0.05) is 12.1 Å². The number of nitrogens with zero attached hydrogens (tertiary/aromatic N) is 1. The van der Waals surface area contributed by atoms with Crippen molar-refractivity contribution >= 4 is 11.6 Å². The van der Waals surface area contributed by atoms with Gasteiger partial charge in [0.25, 0.3) is 5.91 Å². The summed E-state index contributed by atoms with van der Waals surface area (Å²) in [5, 5.41) is 4.16. The van der Waals surface area contributed by atoms with Crippen LogP contribution in [0.15, 0.2) is 53.6 Å². The van der Waals surface area contributed by atoms with Gasteiger partial charge in [-0.25, -0.2) is 5.43 Å². The summed E-state index contributed by atoms with van der Waals surface area (Å²) in [5.41, 5.74) is 5.20. The van der Waals surface area contributed by atoms with Gasteiger partial charge in [0.05, 0.1) is 6.61 Å². The molecule has 0 atom stereocenters. The summed E-state index contributed by atoms with van der Waals surface area (Å²) in [4.78, 5) is 12.1. The van der Waals surface area contributed by atoms with Gasteiger partial charge >= 0.3 is 0 Å². The first-order chi connectivity index (χ1) is 12.7. The largest absolute Gasteiger partial charge is 0.494 e. The third-order valence-electron chi connectivity index (χ3n) is 4.26. The third-order valence-corrected chi connectivity index (χ3v) is 4.26. The normalized spacial score (nSPS) is 14.0.